The van der Waals surface area contributed by atoms with Crippen molar-refractivity contribution in [2.75, 3.05) is 13.1 Å². The minimum Gasteiger partial charge on any atom is -0.476 e. The summed E-state index contributed by atoms with van der Waals surface area (Å²) in [5.74, 6) is -1.75. The van der Waals surface area contributed by atoms with Gasteiger partial charge in [-0.2, -0.15) is 5.10 Å². The molecule has 1 fully saturated rings. The van der Waals surface area contributed by atoms with Gasteiger partial charge >= 0.3 is 11.7 Å². The van der Waals surface area contributed by atoms with Crippen LogP contribution in [0, 0.1) is 0 Å². The number of likely N-dealkylation sites (tertiary alicyclic amines) is 1. The van der Waals surface area contributed by atoms with Crippen molar-refractivity contribution in [2.24, 2.45) is 0 Å². The van der Waals surface area contributed by atoms with Crippen LogP contribution in [0.5, 0.6) is 0 Å². The number of aromatic nitrogens is 3. The molecule has 3 heterocycles. The highest BCUT2D eigenvalue weighted by Crippen LogP contribution is 2.22. The van der Waals surface area contributed by atoms with E-state index in [1.165, 1.54) is 10.6 Å². The molecule has 9 heteroatoms. The molecule has 0 bridgehead atoms. The van der Waals surface area contributed by atoms with Gasteiger partial charge in [0.1, 0.15) is 6.54 Å². The van der Waals surface area contributed by atoms with E-state index in [1.807, 2.05) is 0 Å². The number of hydrogen-bond donors (Lipinski definition) is 1. The van der Waals surface area contributed by atoms with Gasteiger partial charge in [-0.05, 0) is 31.0 Å². The Morgan fingerprint density at radius 1 is 1.19 bits per heavy atom. The molecule has 0 radical (unpaired) electrons. The number of carboxylic acid groups (broad SMARTS) is 1. The van der Waals surface area contributed by atoms with E-state index >= 15 is 0 Å². The zero-order chi connectivity index (χ0) is 19.0. The van der Waals surface area contributed by atoms with Crippen molar-refractivity contribution in [3.05, 3.63) is 52.8 Å². The van der Waals surface area contributed by atoms with Crippen LogP contribution in [0.4, 0.5) is 0 Å². The lowest BCUT2D eigenvalue weighted by molar-refractivity contribution is -0.133. The van der Waals surface area contributed by atoms with E-state index in [0.717, 1.165) is 0 Å². The van der Waals surface area contributed by atoms with Gasteiger partial charge in [0.2, 0.25) is 5.91 Å². The Morgan fingerprint density at radius 2 is 1.93 bits per heavy atom. The quantitative estimate of drug-likeness (QED) is 0.742. The number of para-hydroxylation sites is 2. The second kappa shape index (κ2) is 6.75. The number of aromatic carboxylic acids is 1. The van der Waals surface area contributed by atoms with Gasteiger partial charge < -0.3 is 14.4 Å². The van der Waals surface area contributed by atoms with Gasteiger partial charge in [-0.1, -0.05) is 12.1 Å². The molecule has 0 unspecified atom stereocenters. The fraction of sp³-hybridized carbons (Fsp3) is 0.333. The van der Waals surface area contributed by atoms with Crippen molar-refractivity contribution in [2.45, 2.75) is 25.4 Å². The summed E-state index contributed by atoms with van der Waals surface area (Å²) in [6.07, 6.45) is 3.00. The molecular weight excluding hydrogens is 352 g/mol. The Bertz CT molecular complexity index is 1060. The fourth-order valence-corrected chi connectivity index (χ4v) is 3.43. The Labute approximate surface area is 153 Å². The molecular formula is C18H18N4O5. The number of fused-ring (bicyclic) bond motifs is 1. The maximum atomic E-state index is 12.6. The average molecular weight is 370 g/mol. The minimum absolute atomic E-state index is 0.0136. The highest BCUT2D eigenvalue weighted by atomic mass is 16.4. The third-order valence-electron chi connectivity index (χ3n) is 4.89. The molecule has 1 amide bonds. The second-order valence-corrected chi connectivity index (χ2v) is 6.52. The zero-order valence-electron chi connectivity index (χ0n) is 14.4. The highest BCUT2D eigenvalue weighted by Gasteiger charge is 2.25. The predicted molar refractivity (Wildman–Crippen MR) is 94.5 cm³/mol. The summed E-state index contributed by atoms with van der Waals surface area (Å²) in [6.45, 7) is 0.984. The predicted octanol–water partition coefficient (Wildman–Crippen LogP) is 1.35. The lowest BCUT2D eigenvalue weighted by Gasteiger charge is -2.32. The highest BCUT2D eigenvalue weighted by molar-refractivity contribution is 5.85. The summed E-state index contributed by atoms with van der Waals surface area (Å²) < 4.78 is 8.16. The average Bonchev–Trinajstić information content (AvgIpc) is 3.28. The van der Waals surface area contributed by atoms with Crippen LogP contribution < -0.4 is 5.76 Å². The molecule has 2 aromatic heterocycles. The molecule has 3 aromatic rings. The van der Waals surface area contributed by atoms with E-state index in [-0.39, 0.29) is 24.2 Å². The van der Waals surface area contributed by atoms with Gasteiger partial charge in [0.05, 0.1) is 11.6 Å². The fourth-order valence-electron chi connectivity index (χ4n) is 3.43. The van der Waals surface area contributed by atoms with Crippen LogP contribution in [-0.2, 0) is 11.3 Å². The first-order valence-corrected chi connectivity index (χ1v) is 8.67. The van der Waals surface area contributed by atoms with Gasteiger partial charge in [-0.25, -0.2) is 9.59 Å². The molecule has 9 nitrogen and oxygen atoms in total. The molecule has 0 aliphatic carbocycles. The second-order valence-electron chi connectivity index (χ2n) is 6.52. The van der Waals surface area contributed by atoms with Crippen molar-refractivity contribution in [1.29, 1.82) is 0 Å². The lowest BCUT2D eigenvalue weighted by Crippen LogP contribution is -2.41. The van der Waals surface area contributed by atoms with E-state index in [0.29, 0.717) is 37.0 Å². The monoisotopic (exact) mass is 370 g/mol. The van der Waals surface area contributed by atoms with E-state index in [2.05, 4.69) is 5.10 Å². The van der Waals surface area contributed by atoms with E-state index < -0.39 is 11.7 Å². The van der Waals surface area contributed by atoms with Crippen molar-refractivity contribution in [3.63, 3.8) is 0 Å². The number of oxazole rings is 1. The molecule has 0 saturated carbocycles. The SMILES string of the molecule is O=C(O)c1ccn(C2CCN(C(=O)Cn3c(=O)oc4ccccc43)CC2)n1. The zero-order valence-corrected chi connectivity index (χ0v) is 14.4. The Hall–Kier alpha value is -3.36. The molecule has 1 N–H and O–H groups in total. The Balaban J connectivity index is 1.41. The normalized spacial score (nSPS) is 15.3. The summed E-state index contributed by atoms with van der Waals surface area (Å²) in [7, 11) is 0. The van der Waals surface area contributed by atoms with Crippen LogP contribution in [0.15, 0.2) is 45.7 Å². The number of carboxylic acids is 1. The summed E-state index contributed by atoms with van der Waals surface area (Å²) in [5, 5.41) is 13.0. The van der Waals surface area contributed by atoms with Gasteiger partial charge in [-0.3, -0.25) is 14.0 Å². The van der Waals surface area contributed by atoms with Crippen LogP contribution >= 0.6 is 0 Å². The maximum Gasteiger partial charge on any atom is 0.420 e. The van der Waals surface area contributed by atoms with Gasteiger partial charge in [0.15, 0.2) is 11.3 Å². The number of piperidine rings is 1. The molecule has 140 valence electrons. The molecule has 27 heavy (non-hydrogen) atoms. The largest absolute Gasteiger partial charge is 0.476 e. The van der Waals surface area contributed by atoms with Crippen LogP contribution in [-0.4, -0.2) is 49.3 Å². The number of rotatable bonds is 4. The van der Waals surface area contributed by atoms with Crippen molar-refractivity contribution < 1.29 is 19.1 Å². The van der Waals surface area contributed by atoms with Crippen LogP contribution in [0.1, 0.15) is 29.4 Å². The minimum atomic E-state index is -1.06. The molecule has 1 saturated heterocycles. The molecule has 1 aliphatic rings. The number of benzene rings is 1. The third kappa shape index (κ3) is 3.23. The standard InChI is InChI=1S/C18H18N4O5/c23-16(11-21-14-3-1-2-4-15(14)27-18(21)26)20-8-5-12(6-9-20)22-10-7-13(19-22)17(24)25/h1-4,7,10,12H,5-6,8-9,11H2,(H,24,25). The summed E-state index contributed by atoms with van der Waals surface area (Å²) >= 11 is 0. The third-order valence-corrected chi connectivity index (χ3v) is 4.89. The van der Waals surface area contributed by atoms with E-state index in [9.17, 15) is 14.4 Å². The molecule has 4 rings (SSSR count). The number of carbonyl (C=O) groups is 2. The molecule has 1 aromatic carbocycles. The van der Waals surface area contributed by atoms with Crippen LogP contribution in [0.2, 0.25) is 0 Å². The number of nitrogens with zero attached hydrogens (tertiary/aromatic N) is 4. The number of amides is 1. The van der Waals surface area contributed by atoms with Crippen LogP contribution in [0.3, 0.4) is 0 Å². The molecule has 0 atom stereocenters. The number of hydrogen-bond acceptors (Lipinski definition) is 5. The Kier molecular flexibility index (Phi) is 4.27. The first-order valence-electron chi connectivity index (χ1n) is 8.67. The van der Waals surface area contributed by atoms with Crippen molar-refractivity contribution in [3.8, 4) is 0 Å². The van der Waals surface area contributed by atoms with Crippen molar-refractivity contribution in [1.82, 2.24) is 19.2 Å². The van der Waals surface area contributed by atoms with Gasteiger partial charge in [-0.15, -0.1) is 0 Å². The van der Waals surface area contributed by atoms with Gasteiger partial charge in [0, 0.05) is 19.3 Å². The van der Waals surface area contributed by atoms with E-state index in [1.54, 1.807) is 40.0 Å². The maximum absolute atomic E-state index is 12.6. The smallest absolute Gasteiger partial charge is 0.420 e. The van der Waals surface area contributed by atoms with Gasteiger partial charge in [0.25, 0.3) is 0 Å². The van der Waals surface area contributed by atoms with Crippen molar-refractivity contribution >= 4 is 23.0 Å². The first kappa shape index (κ1) is 17.1. The summed E-state index contributed by atoms with van der Waals surface area (Å²) in [4.78, 5) is 37.3. The first-order chi connectivity index (χ1) is 13.0. The molecule has 0 spiro atoms. The summed E-state index contributed by atoms with van der Waals surface area (Å²) in [6, 6.07) is 8.53. The molecule has 1 aliphatic heterocycles. The topological polar surface area (TPSA) is 111 Å². The summed E-state index contributed by atoms with van der Waals surface area (Å²) in [5.41, 5.74) is 1.07. The number of carbonyl (C=O) groups excluding carboxylic acids is 1. The van der Waals surface area contributed by atoms with Crippen LogP contribution in [0.25, 0.3) is 11.1 Å². The lowest BCUT2D eigenvalue weighted by atomic mass is 10.1. The van der Waals surface area contributed by atoms with E-state index in [4.69, 9.17) is 9.52 Å². The Morgan fingerprint density at radius 3 is 2.63 bits per heavy atom.